The topological polar surface area (TPSA) is 48.1 Å². The van der Waals surface area contributed by atoms with Crippen LogP contribution in [0.3, 0.4) is 0 Å². The molecule has 2 N–H and O–H groups in total. The summed E-state index contributed by atoms with van der Waals surface area (Å²) in [6.07, 6.45) is 2.79. The molecule has 0 atom stereocenters. The van der Waals surface area contributed by atoms with Crippen molar-refractivity contribution in [2.75, 3.05) is 5.73 Å². The van der Waals surface area contributed by atoms with Crippen LogP contribution in [0.15, 0.2) is 54.7 Å². The molecule has 0 aliphatic rings. The van der Waals surface area contributed by atoms with Gasteiger partial charge in [0.05, 0.1) is 11.2 Å². The highest BCUT2D eigenvalue weighted by Gasteiger charge is 2.06. The molecule has 2 aromatic carbocycles. The second kappa shape index (κ2) is 5.83. The van der Waals surface area contributed by atoms with Crippen molar-refractivity contribution in [3.8, 4) is 5.75 Å². The van der Waals surface area contributed by atoms with Crippen molar-refractivity contribution >= 4 is 16.6 Å². The highest BCUT2D eigenvalue weighted by atomic mass is 16.5. The van der Waals surface area contributed by atoms with Gasteiger partial charge in [0.1, 0.15) is 12.4 Å². The van der Waals surface area contributed by atoms with Crippen LogP contribution in [0, 0.1) is 0 Å². The summed E-state index contributed by atoms with van der Waals surface area (Å²) in [7, 11) is 0. The summed E-state index contributed by atoms with van der Waals surface area (Å²) in [4.78, 5) is 4.31. The fourth-order valence-corrected chi connectivity index (χ4v) is 2.33. The number of fused-ring (bicyclic) bond motifs is 1. The highest BCUT2D eigenvalue weighted by Crippen LogP contribution is 2.28. The number of rotatable bonds is 4. The summed E-state index contributed by atoms with van der Waals surface area (Å²) < 4.78 is 5.94. The quantitative estimate of drug-likeness (QED) is 0.735. The van der Waals surface area contributed by atoms with Gasteiger partial charge in [-0.3, -0.25) is 4.98 Å². The number of hydrogen-bond acceptors (Lipinski definition) is 3. The molecule has 3 rings (SSSR count). The van der Waals surface area contributed by atoms with Gasteiger partial charge >= 0.3 is 0 Å². The van der Waals surface area contributed by atoms with Gasteiger partial charge in [-0.05, 0) is 41.8 Å². The minimum absolute atomic E-state index is 0.540. The molecule has 0 aliphatic heterocycles. The number of benzene rings is 2. The van der Waals surface area contributed by atoms with Crippen LogP contribution in [0.5, 0.6) is 5.75 Å². The van der Waals surface area contributed by atoms with Crippen molar-refractivity contribution < 1.29 is 4.74 Å². The van der Waals surface area contributed by atoms with Crippen molar-refractivity contribution in [3.63, 3.8) is 0 Å². The van der Waals surface area contributed by atoms with Crippen LogP contribution < -0.4 is 10.5 Å². The molecule has 3 heteroatoms. The van der Waals surface area contributed by atoms with Crippen LogP contribution in [0.4, 0.5) is 5.69 Å². The molecule has 3 nitrogen and oxygen atoms in total. The number of aryl methyl sites for hydroxylation is 1. The van der Waals surface area contributed by atoms with Crippen molar-refractivity contribution in [2.45, 2.75) is 20.0 Å². The number of nitrogens with two attached hydrogens (primary N) is 1. The first-order valence-electron chi connectivity index (χ1n) is 7.11. The first-order valence-corrected chi connectivity index (χ1v) is 7.11. The Morgan fingerprint density at radius 2 is 1.76 bits per heavy atom. The van der Waals surface area contributed by atoms with Crippen LogP contribution in [-0.2, 0) is 13.0 Å². The SMILES string of the molecule is CCc1ccc(COc2ccc(N)c3ncccc23)cc1. The van der Waals surface area contributed by atoms with Gasteiger partial charge in [0.2, 0.25) is 0 Å². The van der Waals surface area contributed by atoms with Gasteiger partial charge in [-0.15, -0.1) is 0 Å². The Balaban J connectivity index is 1.83. The van der Waals surface area contributed by atoms with E-state index in [0.717, 1.165) is 28.6 Å². The summed E-state index contributed by atoms with van der Waals surface area (Å²) >= 11 is 0. The summed E-state index contributed by atoms with van der Waals surface area (Å²) in [6, 6.07) is 16.1. The zero-order valence-corrected chi connectivity index (χ0v) is 12.0. The summed E-state index contributed by atoms with van der Waals surface area (Å²) in [5.41, 5.74) is 9.89. The molecule has 3 aromatic rings. The Bertz CT molecular complexity index is 751. The molecule has 0 aliphatic carbocycles. The molecule has 21 heavy (non-hydrogen) atoms. The molecule has 0 bridgehead atoms. The lowest BCUT2D eigenvalue weighted by atomic mass is 10.1. The van der Waals surface area contributed by atoms with Crippen molar-refractivity contribution in [2.24, 2.45) is 0 Å². The number of nitrogen functional groups attached to an aromatic ring is 1. The Morgan fingerprint density at radius 1 is 1.00 bits per heavy atom. The maximum absolute atomic E-state index is 5.95. The minimum atomic E-state index is 0.540. The van der Waals surface area contributed by atoms with Gasteiger partial charge in [0.25, 0.3) is 0 Å². The third-order valence-electron chi connectivity index (χ3n) is 3.59. The van der Waals surface area contributed by atoms with Crippen molar-refractivity contribution in [1.29, 1.82) is 0 Å². The number of nitrogens with zero attached hydrogens (tertiary/aromatic N) is 1. The van der Waals surface area contributed by atoms with Gasteiger partial charge < -0.3 is 10.5 Å². The Kier molecular flexibility index (Phi) is 3.73. The average molecular weight is 278 g/mol. The molecule has 0 fully saturated rings. The molecular formula is C18H18N2O. The predicted molar refractivity (Wildman–Crippen MR) is 86.3 cm³/mol. The molecule has 0 spiro atoms. The number of hydrogen-bond donors (Lipinski definition) is 1. The van der Waals surface area contributed by atoms with Crippen LogP contribution in [0.2, 0.25) is 0 Å². The van der Waals surface area contributed by atoms with Crippen LogP contribution in [-0.4, -0.2) is 4.98 Å². The highest BCUT2D eigenvalue weighted by molar-refractivity contribution is 5.93. The molecule has 0 saturated carbocycles. The molecular weight excluding hydrogens is 260 g/mol. The lowest BCUT2D eigenvalue weighted by Gasteiger charge is -2.10. The second-order valence-electron chi connectivity index (χ2n) is 5.01. The molecule has 0 saturated heterocycles. The molecule has 0 radical (unpaired) electrons. The molecule has 0 amide bonds. The monoisotopic (exact) mass is 278 g/mol. The number of aromatic nitrogens is 1. The van der Waals surface area contributed by atoms with Crippen molar-refractivity contribution in [3.05, 3.63) is 65.9 Å². The lowest BCUT2D eigenvalue weighted by Crippen LogP contribution is -1.98. The fraction of sp³-hybridized carbons (Fsp3) is 0.167. The van der Waals surface area contributed by atoms with E-state index in [0.29, 0.717) is 12.3 Å². The standard InChI is InChI=1S/C18H18N2O/c1-2-13-5-7-14(8-6-13)12-21-17-10-9-16(19)18-15(17)4-3-11-20-18/h3-11H,2,12,19H2,1H3. The average Bonchev–Trinajstić information content (AvgIpc) is 2.55. The molecule has 0 unspecified atom stereocenters. The Hall–Kier alpha value is -2.55. The normalized spacial score (nSPS) is 10.7. The van der Waals surface area contributed by atoms with E-state index < -0.39 is 0 Å². The Morgan fingerprint density at radius 3 is 2.52 bits per heavy atom. The predicted octanol–water partition coefficient (Wildman–Crippen LogP) is 3.96. The number of ether oxygens (including phenoxy) is 1. The lowest BCUT2D eigenvalue weighted by molar-refractivity contribution is 0.310. The minimum Gasteiger partial charge on any atom is -0.488 e. The van der Waals surface area contributed by atoms with E-state index >= 15 is 0 Å². The van der Waals surface area contributed by atoms with Gasteiger partial charge in [0.15, 0.2) is 0 Å². The number of pyridine rings is 1. The Labute approximate surface area is 124 Å². The van der Waals surface area contributed by atoms with E-state index in [1.54, 1.807) is 6.20 Å². The zero-order valence-electron chi connectivity index (χ0n) is 12.0. The molecule has 1 heterocycles. The molecule has 106 valence electrons. The maximum Gasteiger partial charge on any atom is 0.129 e. The van der Waals surface area contributed by atoms with E-state index in [1.165, 1.54) is 5.56 Å². The summed E-state index contributed by atoms with van der Waals surface area (Å²) in [5.74, 6) is 0.812. The summed E-state index contributed by atoms with van der Waals surface area (Å²) in [5, 5.41) is 0.947. The number of anilines is 1. The van der Waals surface area contributed by atoms with Crippen molar-refractivity contribution in [1.82, 2.24) is 4.98 Å². The van der Waals surface area contributed by atoms with Gasteiger partial charge in [0, 0.05) is 11.6 Å². The fourth-order valence-electron chi connectivity index (χ4n) is 2.33. The van der Waals surface area contributed by atoms with Crippen LogP contribution in [0.1, 0.15) is 18.1 Å². The van der Waals surface area contributed by atoms with E-state index in [2.05, 4.69) is 36.2 Å². The largest absolute Gasteiger partial charge is 0.488 e. The first kappa shape index (κ1) is 13.4. The van der Waals surface area contributed by atoms with Gasteiger partial charge in [-0.25, -0.2) is 0 Å². The van der Waals surface area contributed by atoms with E-state index in [-0.39, 0.29) is 0 Å². The third kappa shape index (κ3) is 2.82. The first-order chi connectivity index (χ1) is 10.3. The molecule has 1 aromatic heterocycles. The van der Waals surface area contributed by atoms with E-state index in [9.17, 15) is 0 Å². The van der Waals surface area contributed by atoms with Gasteiger partial charge in [-0.2, -0.15) is 0 Å². The third-order valence-corrected chi connectivity index (χ3v) is 3.59. The van der Waals surface area contributed by atoms with Gasteiger partial charge in [-0.1, -0.05) is 31.2 Å². The van der Waals surface area contributed by atoms with E-state index in [1.807, 2.05) is 24.3 Å². The van der Waals surface area contributed by atoms with E-state index in [4.69, 9.17) is 10.5 Å². The van der Waals surface area contributed by atoms with Crippen LogP contribution in [0.25, 0.3) is 10.9 Å². The summed E-state index contributed by atoms with van der Waals surface area (Å²) in [6.45, 7) is 2.69. The second-order valence-corrected chi connectivity index (χ2v) is 5.01. The smallest absolute Gasteiger partial charge is 0.129 e. The maximum atomic E-state index is 5.95. The van der Waals surface area contributed by atoms with Crippen LogP contribution >= 0.6 is 0 Å². The zero-order chi connectivity index (χ0) is 14.7.